The lowest BCUT2D eigenvalue weighted by Crippen LogP contribution is -2.27. The van der Waals surface area contributed by atoms with E-state index in [4.69, 9.17) is 11.6 Å². The van der Waals surface area contributed by atoms with Crippen LogP contribution in [0.4, 0.5) is 0 Å². The molecule has 0 aliphatic heterocycles. The van der Waals surface area contributed by atoms with E-state index in [1.165, 1.54) is 4.68 Å². The Kier molecular flexibility index (Phi) is 4.03. The van der Waals surface area contributed by atoms with E-state index in [2.05, 4.69) is 5.10 Å². The van der Waals surface area contributed by atoms with Gasteiger partial charge in [-0.15, -0.1) is 0 Å². The summed E-state index contributed by atoms with van der Waals surface area (Å²) in [4.78, 5) is 22.5. The third-order valence-corrected chi connectivity index (χ3v) is 2.07. The fourth-order valence-corrected chi connectivity index (χ4v) is 1.53. The summed E-state index contributed by atoms with van der Waals surface area (Å²) in [7, 11) is 0. The number of aryl methyl sites for hydroxylation is 2. The van der Waals surface area contributed by atoms with Crippen LogP contribution >= 0.6 is 11.6 Å². The highest BCUT2D eigenvalue weighted by Gasteiger charge is 2.08. The van der Waals surface area contributed by atoms with Crippen molar-refractivity contribution in [1.29, 1.82) is 0 Å². The van der Waals surface area contributed by atoms with Crippen molar-refractivity contribution in [2.24, 2.45) is 0 Å². The smallest absolute Gasteiger partial charge is 0.270 e. The molecule has 0 saturated carbocycles. The monoisotopic (exact) mass is 228 g/mol. The zero-order chi connectivity index (χ0) is 11.4. The van der Waals surface area contributed by atoms with Crippen LogP contribution in [-0.2, 0) is 17.8 Å². The summed E-state index contributed by atoms with van der Waals surface area (Å²) in [5.74, 6) is 0. The van der Waals surface area contributed by atoms with Gasteiger partial charge in [0.1, 0.15) is 0 Å². The lowest BCUT2D eigenvalue weighted by molar-refractivity contribution is -0.111. The molecule has 0 bridgehead atoms. The van der Waals surface area contributed by atoms with Crippen molar-refractivity contribution in [3.8, 4) is 0 Å². The van der Waals surface area contributed by atoms with Crippen LogP contribution < -0.4 is 5.56 Å². The van der Waals surface area contributed by atoms with Gasteiger partial charge in [-0.1, -0.05) is 6.92 Å². The maximum atomic E-state index is 11.7. The highest BCUT2D eigenvalue weighted by atomic mass is 35.5. The summed E-state index contributed by atoms with van der Waals surface area (Å²) in [5.41, 5.74) is 0.906. The molecule has 0 unspecified atom stereocenters. The molecule has 0 radical (unpaired) electrons. The number of carbonyl (C=O) groups excluding carboxylic acids is 1. The maximum absolute atomic E-state index is 11.7. The Hall–Kier alpha value is -1.16. The number of aromatic nitrogens is 2. The van der Waals surface area contributed by atoms with Gasteiger partial charge in [0.2, 0.25) is 5.24 Å². The van der Waals surface area contributed by atoms with Crippen LogP contribution in [0, 0.1) is 6.92 Å². The van der Waals surface area contributed by atoms with Crippen LogP contribution in [0.1, 0.15) is 24.6 Å². The maximum Gasteiger partial charge on any atom is 0.270 e. The van der Waals surface area contributed by atoms with E-state index in [-0.39, 0.29) is 12.0 Å². The minimum Gasteiger partial charge on any atom is -0.281 e. The minimum absolute atomic E-state index is 0.0343. The van der Waals surface area contributed by atoms with Crippen LogP contribution in [0.25, 0.3) is 0 Å². The summed E-state index contributed by atoms with van der Waals surface area (Å²) in [6.07, 6.45) is 0.790. The average molecular weight is 229 g/mol. The lowest BCUT2D eigenvalue weighted by Gasteiger charge is -2.06. The molecular weight excluding hydrogens is 216 g/mol. The highest BCUT2D eigenvalue weighted by Crippen LogP contribution is 1.99. The molecule has 0 aliphatic rings. The van der Waals surface area contributed by atoms with Gasteiger partial charge in [-0.25, -0.2) is 4.68 Å². The Morgan fingerprint density at radius 3 is 2.80 bits per heavy atom. The molecular formula is C10H13ClN2O2. The molecule has 1 rings (SSSR count). The number of nitrogens with zero attached hydrogens (tertiary/aromatic N) is 2. The van der Waals surface area contributed by atoms with Crippen LogP contribution in [-0.4, -0.2) is 15.0 Å². The molecule has 0 fully saturated rings. The summed E-state index contributed by atoms with van der Waals surface area (Å²) in [5, 5.41) is 3.55. The molecule has 5 heteroatoms. The molecule has 1 aromatic rings. The molecule has 0 saturated heterocycles. The summed E-state index contributed by atoms with van der Waals surface area (Å²) >= 11 is 5.26. The third kappa shape index (κ3) is 3.16. The van der Waals surface area contributed by atoms with E-state index in [1.807, 2.05) is 6.92 Å². The van der Waals surface area contributed by atoms with E-state index in [0.29, 0.717) is 12.1 Å². The Labute approximate surface area is 92.9 Å². The van der Waals surface area contributed by atoms with Gasteiger partial charge in [-0.3, -0.25) is 9.59 Å². The van der Waals surface area contributed by atoms with Gasteiger partial charge in [0.25, 0.3) is 5.56 Å². The first-order valence-electron chi connectivity index (χ1n) is 4.80. The van der Waals surface area contributed by atoms with Gasteiger partial charge in [0.05, 0.1) is 12.1 Å². The second-order valence-corrected chi connectivity index (χ2v) is 3.79. The second kappa shape index (κ2) is 5.07. The van der Waals surface area contributed by atoms with Crippen molar-refractivity contribution < 1.29 is 4.79 Å². The summed E-state index contributed by atoms with van der Waals surface area (Å²) < 4.78 is 1.38. The Bertz CT molecular complexity index is 426. The largest absolute Gasteiger partial charge is 0.281 e. The van der Waals surface area contributed by atoms with Crippen LogP contribution in [0.2, 0.25) is 0 Å². The molecule has 1 aromatic heterocycles. The molecule has 0 spiro atoms. The van der Waals surface area contributed by atoms with Gasteiger partial charge >= 0.3 is 0 Å². The lowest BCUT2D eigenvalue weighted by atomic mass is 10.2. The van der Waals surface area contributed by atoms with Crippen molar-refractivity contribution in [1.82, 2.24) is 9.78 Å². The van der Waals surface area contributed by atoms with E-state index >= 15 is 0 Å². The first-order chi connectivity index (χ1) is 7.04. The molecule has 0 amide bonds. The van der Waals surface area contributed by atoms with E-state index < -0.39 is 5.24 Å². The number of hydrogen-bond acceptors (Lipinski definition) is 3. The van der Waals surface area contributed by atoms with Gasteiger partial charge in [0, 0.05) is 12.1 Å². The zero-order valence-corrected chi connectivity index (χ0v) is 9.54. The fourth-order valence-electron chi connectivity index (χ4n) is 1.38. The molecule has 4 nitrogen and oxygen atoms in total. The molecule has 15 heavy (non-hydrogen) atoms. The van der Waals surface area contributed by atoms with Crippen molar-refractivity contribution in [2.45, 2.75) is 33.2 Å². The molecule has 82 valence electrons. The van der Waals surface area contributed by atoms with Gasteiger partial charge in [0.15, 0.2) is 0 Å². The normalized spacial score (nSPS) is 10.3. The van der Waals surface area contributed by atoms with Gasteiger partial charge < -0.3 is 0 Å². The SMILES string of the molecule is CCCn1nc(C)cc(CC(=O)Cl)c1=O. The Balaban J connectivity index is 3.16. The van der Waals surface area contributed by atoms with Gasteiger partial charge in [-0.05, 0) is 31.0 Å². The molecule has 0 aromatic carbocycles. The standard InChI is InChI=1S/C10H13ClN2O2/c1-3-4-13-10(15)8(6-9(11)14)5-7(2)12-13/h5H,3-4,6H2,1-2H3. The number of rotatable bonds is 4. The summed E-state index contributed by atoms with van der Waals surface area (Å²) in [6.45, 7) is 4.31. The molecule has 1 heterocycles. The van der Waals surface area contributed by atoms with Crippen molar-refractivity contribution in [2.75, 3.05) is 0 Å². The second-order valence-electron chi connectivity index (χ2n) is 3.37. The summed E-state index contributed by atoms with van der Waals surface area (Å²) in [6, 6.07) is 1.61. The number of halogens is 1. The van der Waals surface area contributed by atoms with Crippen LogP contribution in [0.5, 0.6) is 0 Å². The third-order valence-electron chi connectivity index (χ3n) is 1.94. The fraction of sp³-hybridized carbons (Fsp3) is 0.500. The van der Waals surface area contributed by atoms with Crippen molar-refractivity contribution in [3.05, 3.63) is 27.7 Å². The predicted molar refractivity (Wildman–Crippen MR) is 58.1 cm³/mol. The number of carbonyl (C=O) groups is 1. The van der Waals surface area contributed by atoms with Crippen LogP contribution in [0.15, 0.2) is 10.9 Å². The Morgan fingerprint density at radius 2 is 2.27 bits per heavy atom. The van der Waals surface area contributed by atoms with E-state index in [0.717, 1.165) is 12.1 Å². The first-order valence-corrected chi connectivity index (χ1v) is 5.18. The molecule has 0 N–H and O–H groups in total. The van der Waals surface area contributed by atoms with Gasteiger partial charge in [-0.2, -0.15) is 5.10 Å². The van der Waals surface area contributed by atoms with Crippen molar-refractivity contribution >= 4 is 16.8 Å². The highest BCUT2D eigenvalue weighted by molar-refractivity contribution is 6.63. The molecule has 0 atom stereocenters. The van der Waals surface area contributed by atoms with E-state index in [9.17, 15) is 9.59 Å². The first kappa shape index (κ1) is 11.9. The average Bonchev–Trinajstić information content (AvgIpc) is 2.12. The minimum atomic E-state index is -0.527. The Morgan fingerprint density at radius 1 is 1.60 bits per heavy atom. The van der Waals surface area contributed by atoms with Crippen molar-refractivity contribution in [3.63, 3.8) is 0 Å². The zero-order valence-electron chi connectivity index (χ0n) is 8.79. The van der Waals surface area contributed by atoms with Crippen LogP contribution in [0.3, 0.4) is 0 Å². The topological polar surface area (TPSA) is 52.0 Å². The molecule has 0 aliphatic carbocycles. The quantitative estimate of drug-likeness (QED) is 0.730. The van der Waals surface area contributed by atoms with E-state index in [1.54, 1.807) is 13.0 Å². The predicted octanol–water partition coefficient (Wildman–Crippen LogP) is 1.27. The number of hydrogen-bond donors (Lipinski definition) is 0.